The van der Waals surface area contributed by atoms with Crippen molar-refractivity contribution < 1.29 is 13.2 Å². The molecule has 0 bridgehead atoms. The Kier molecular flexibility index (Phi) is 5.80. The first-order chi connectivity index (χ1) is 11.0. The number of hydrogen-bond donors (Lipinski definition) is 1. The number of carbonyl (C=O) groups is 1. The molecule has 0 aliphatic heterocycles. The van der Waals surface area contributed by atoms with Crippen LogP contribution in [0.15, 0.2) is 53.4 Å². The molecule has 23 heavy (non-hydrogen) atoms. The van der Waals surface area contributed by atoms with Crippen molar-refractivity contribution in [2.45, 2.75) is 24.8 Å². The van der Waals surface area contributed by atoms with E-state index in [-0.39, 0.29) is 22.8 Å². The molecule has 0 saturated carbocycles. The van der Waals surface area contributed by atoms with Crippen LogP contribution < -0.4 is 5.32 Å². The number of sulfone groups is 1. The van der Waals surface area contributed by atoms with Crippen LogP contribution in [-0.4, -0.2) is 20.1 Å². The lowest BCUT2D eigenvalue weighted by Crippen LogP contribution is -2.25. The van der Waals surface area contributed by atoms with Crippen LogP contribution in [0, 0.1) is 0 Å². The van der Waals surface area contributed by atoms with Gasteiger partial charge in [0.25, 0.3) is 5.91 Å². The number of carbonyl (C=O) groups excluding carboxylic acids is 1. The third kappa shape index (κ3) is 4.33. The summed E-state index contributed by atoms with van der Waals surface area (Å²) in [5.41, 5.74) is 0.935. The molecule has 0 radical (unpaired) electrons. The molecule has 2 aromatic carbocycles. The van der Waals surface area contributed by atoms with Crippen LogP contribution in [0.2, 0.25) is 5.02 Å². The molecule has 2 aromatic rings. The van der Waals surface area contributed by atoms with Gasteiger partial charge in [-0.15, -0.1) is 0 Å². The van der Waals surface area contributed by atoms with Gasteiger partial charge in [-0.3, -0.25) is 4.79 Å². The van der Waals surface area contributed by atoms with E-state index in [1.54, 1.807) is 31.2 Å². The van der Waals surface area contributed by atoms with Crippen LogP contribution in [0.3, 0.4) is 0 Å². The van der Waals surface area contributed by atoms with Gasteiger partial charge in [0, 0.05) is 11.6 Å². The Morgan fingerprint density at radius 3 is 2.43 bits per heavy atom. The van der Waals surface area contributed by atoms with Crippen molar-refractivity contribution in [2.24, 2.45) is 0 Å². The highest BCUT2D eigenvalue weighted by Crippen LogP contribution is 2.19. The summed E-state index contributed by atoms with van der Waals surface area (Å²) in [5.74, 6) is -0.415. The number of amides is 1. The van der Waals surface area contributed by atoms with Gasteiger partial charge in [0.2, 0.25) is 0 Å². The molecule has 0 unspecified atom stereocenters. The molecule has 1 N–H and O–H groups in total. The monoisotopic (exact) mass is 351 g/mol. The van der Waals surface area contributed by atoms with Gasteiger partial charge in [0.05, 0.1) is 16.2 Å². The van der Waals surface area contributed by atoms with E-state index in [0.717, 1.165) is 5.56 Å². The first-order valence-corrected chi connectivity index (χ1v) is 9.32. The summed E-state index contributed by atoms with van der Waals surface area (Å²) >= 11 is 6.05. The van der Waals surface area contributed by atoms with Crippen molar-refractivity contribution in [3.63, 3.8) is 0 Å². The Hall–Kier alpha value is -1.85. The first-order valence-electron chi connectivity index (χ1n) is 7.29. The second-order valence-corrected chi connectivity index (χ2v) is 7.57. The fourth-order valence-electron chi connectivity index (χ4n) is 2.22. The Bertz CT molecular complexity index is 803. The van der Waals surface area contributed by atoms with Crippen LogP contribution in [0.5, 0.6) is 0 Å². The van der Waals surface area contributed by atoms with E-state index in [1.165, 1.54) is 12.1 Å². The van der Waals surface area contributed by atoms with Crippen LogP contribution in [0.1, 0.15) is 29.3 Å². The molecule has 0 spiro atoms. The predicted octanol–water partition coefficient (Wildman–Crippen LogP) is 3.45. The minimum Gasteiger partial charge on any atom is -0.348 e. The minimum atomic E-state index is -3.46. The fraction of sp³-hybridized carbons (Fsp3) is 0.235. The number of halogens is 1. The topological polar surface area (TPSA) is 63.2 Å². The zero-order valence-corrected chi connectivity index (χ0v) is 14.3. The van der Waals surface area contributed by atoms with Gasteiger partial charge in [-0.05, 0) is 30.2 Å². The standard InChI is InChI=1S/C17H18ClNO3S/c1-2-11-23(21,22)16-10-6-4-8-14(16)17(20)19-12-13-7-3-5-9-15(13)18/h3-10H,2,11-12H2,1H3,(H,19,20). The lowest BCUT2D eigenvalue weighted by atomic mass is 10.2. The van der Waals surface area contributed by atoms with Crippen molar-refractivity contribution >= 4 is 27.3 Å². The third-order valence-electron chi connectivity index (χ3n) is 3.34. The van der Waals surface area contributed by atoms with E-state index >= 15 is 0 Å². The zero-order valence-electron chi connectivity index (χ0n) is 12.8. The summed E-state index contributed by atoms with van der Waals surface area (Å²) in [6, 6.07) is 13.4. The Morgan fingerprint density at radius 2 is 1.74 bits per heavy atom. The molecular weight excluding hydrogens is 334 g/mol. The average Bonchev–Trinajstić information content (AvgIpc) is 2.54. The maximum Gasteiger partial charge on any atom is 0.252 e. The molecule has 0 aliphatic carbocycles. The van der Waals surface area contributed by atoms with Gasteiger partial charge in [-0.25, -0.2) is 8.42 Å². The lowest BCUT2D eigenvalue weighted by Gasteiger charge is -2.11. The fourth-order valence-corrected chi connectivity index (χ4v) is 3.96. The van der Waals surface area contributed by atoms with E-state index in [1.807, 2.05) is 12.1 Å². The lowest BCUT2D eigenvalue weighted by molar-refractivity contribution is 0.0947. The predicted molar refractivity (Wildman–Crippen MR) is 91.4 cm³/mol. The van der Waals surface area contributed by atoms with E-state index < -0.39 is 15.7 Å². The number of benzene rings is 2. The molecule has 4 nitrogen and oxygen atoms in total. The van der Waals surface area contributed by atoms with Crippen molar-refractivity contribution in [3.05, 3.63) is 64.7 Å². The second-order valence-electron chi connectivity index (χ2n) is 5.09. The normalized spacial score (nSPS) is 11.2. The number of rotatable bonds is 6. The van der Waals surface area contributed by atoms with Crippen molar-refractivity contribution in [1.82, 2.24) is 5.32 Å². The van der Waals surface area contributed by atoms with E-state index in [2.05, 4.69) is 5.32 Å². The van der Waals surface area contributed by atoms with Crippen molar-refractivity contribution in [2.75, 3.05) is 5.75 Å². The molecule has 0 saturated heterocycles. The van der Waals surface area contributed by atoms with Crippen molar-refractivity contribution in [1.29, 1.82) is 0 Å². The Balaban J connectivity index is 2.22. The summed E-state index contributed by atoms with van der Waals surface area (Å²) < 4.78 is 24.6. The van der Waals surface area contributed by atoms with Gasteiger partial charge in [-0.2, -0.15) is 0 Å². The quantitative estimate of drug-likeness (QED) is 0.866. The van der Waals surface area contributed by atoms with Gasteiger partial charge in [0.1, 0.15) is 0 Å². The molecule has 1 amide bonds. The molecule has 122 valence electrons. The summed E-state index contributed by atoms with van der Waals surface area (Å²) in [6.45, 7) is 2.03. The summed E-state index contributed by atoms with van der Waals surface area (Å²) in [4.78, 5) is 12.5. The van der Waals surface area contributed by atoms with Crippen LogP contribution in [-0.2, 0) is 16.4 Å². The average molecular weight is 352 g/mol. The smallest absolute Gasteiger partial charge is 0.252 e. The highest BCUT2D eigenvalue weighted by atomic mass is 35.5. The van der Waals surface area contributed by atoms with E-state index in [9.17, 15) is 13.2 Å². The molecule has 0 aromatic heterocycles. The SMILES string of the molecule is CCCS(=O)(=O)c1ccccc1C(=O)NCc1ccccc1Cl. The zero-order chi connectivity index (χ0) is 16.9. The highest BCUT2D eigenvalue weighted by Gasteiger charge is 2.21. The maximum absolute atomic E-state index is 12.4. The second kappa shape index (κ2) is 7.62. The third-order valence-corrected chi connectivity index (χ3v) is 5.68. The largest absolute Gasteiger partial charge is 0.348 e. The van der Waals surface area contributed by atoms with Gasteiger partial charge in [-0.1, -0.05) is 48.9 Å². The van der Waals surface area contributed by atoms with E-state index in [4.69, 9.17) is 11.6 Å². The molecule has 0 aliphatic rings. The molecular formula is C17H18ClNO3S. The highest BCUT2D eigenvalue weighted by molar-refractivity contribution is 7.91. The van der Waals surface area contributed by atoms with Crippen LogP contribution >= 0.6 is 11.6 Å². The van der Waals surface area contributed by atoms with Gasteiger partial charge >= 0.3 is 0 Å². The summed E-state index contributed by atoms with van der Waals surface area (Å²) in [6.07, 6.45) is 0.498. The van der Waals surface area contributed by atoms with Gasteiger partial charge < -0.3 is 5.32 Å². The molecule has 0 heterocycles. The van der Waals surface area contributed by atoms with Gasteiger partial charge in [0.15, 0.2) is 9.84 Å². The Labute approximate surface area is 141 Å². The maximum atomic E-state index is 12.4. The molecule has 2 rings (SSSR count). The number of hydrogen-bond acceptors (Lipinski definition) is 3. The summed E-state index contributed by atoms with van der Waals surface area (Å²) in [7, 11) is -3.46. The molecule has 0 fully saturated rings. The Morgan fingerprint density at radius 1 is 1.09 bits per heavy atom. The minimum absolute atomic E-state index is 0.0157. The van der Waals surface area contributed by atoms with E-state index in [0.29, 0.717) is 11.4 Å². The first kappa shape index (κ1) is 17.5. The van der Waals surface area contributed by atoms with Crippen molar-refractivity contribution in [3.8, 4) is 0 Å². The number of nitrogens with one attached hydrogen (secondary N) is 1. The summed E-state index contributed by atoms with van der Waals surface area (Å²) in [5, 5.41) is 3.28. The molecule has 6 heteroatoms. The van der Waals surface area contributed by atoms with Crippen LogP contribution in [0.25, 0.3) is 0 Å². The van der Waals surface area contributed by atoms with Crippen LogP contribution in [0.4, 0.5) is 0 Å². The molecule has 0 atom stereocenters.